The van der Waals surface area contributed by atoms with Crippen LogP contribution in [0.4, 0.5) is 0 Å². The normalized spacial score (nSPS) is 22.2. The fourth-order valence-electron chi connectivity index (χ4n) is 2.12. The molecule has 1 aliphatic heterocycles. The van der Waals surface area contributed by atoms with E-state index in [0.717, 1.165) is 36.5 Å². The van der Waals surface area contributed by atoms with Gasteiger partial charge in [0.25, 0.3) is 0 Å². The number of halogens is 1. The van der Waals surface area contributed by atoms with E-state index in [0.29, 0.717) is 0 Å². The molecule has 0 bridgehead atoms. The van der Waals surface area contributed by atoms with Crippen molar-refractivity contribution in [2.75, 3.05) is 6.61 Å². The lowest BCUT2D eigenvalue weighted by Gasteiger charge is -2.22. The van der Waals surface area contributed by atoms with Gasteiger partial charge < -0.3 is 4.74 Å². The Morgan fingerprint density at radius 2 is 2.31 bits per heavy atom. The predicted molar refractivity (Wildman–Crippen MR) is 65.2 cm³/mol. The number of nitrogens with one attached hydrogen (secondary N) is 1. The second-order valence-electron chi connectivity index (χ2n) is 4.12. The highest BCUT2D eigenvalue weighted by molar-refractivity contribution is 6.31. The maximum absolute atomic E-state index is 6.12. The molecule has 2 atom stereocenters. The van der Waals surface area contributed by atoms with Gasteiger partial charge in [0, 0.05) is 11.6 Å². The van der Waals surface area contributed by atoms with E-state index in [4.69, 9.17) is 22.2 Å². The summed E-state index contributed by atoms with van der Waals surface area (Å²) in [4.78, 5) is 0. The molecule has 0 spiro atoms. The van der Waals surface area contributed by atoms with Crippen LogP contribution in [0.15, 0.2) is 24.3 Å². The monoisotopic (exact) mass is 240 g/mol. The summed E-state index contributed by atoms with van der Waals surface area (Å²) >= 11 is 6.12. The topological polar surface area (TPSA) is 47.3 Å². The van der Waals surface area contributed by atoms with Crippen LogP contribution in [-0.4, -0.2) is 18.8 Å². The van der Waals surface area contributed by atoms with Crippen molar-refractivity contribution in [1.29, 1.82) is 0 Å². The van der Waals surface area contributed by atoms with Crippen LogP contribution in [0.3, 0.4) is 0 Å². The van der Waals surface area contributed by atoms with Gasteiger partial charge in [0.1, 0.15) is 0 Å². The summed E-state index contributed by atoms with van der Waals surface area (Å²) in [7, 11) is 0. The molecule has 3 nitrogen and oxygen atoms in total. The first-order chi connectivity index (χ1) is 7.81. The molecule has 0 amide bonds. The van der Waals surface area contributed by atoms with Gasteiger partial charge in [-0.3, -0.25) is 11.3 Å². The van der Waals surface area contributed by atoms with Crippen molar-refractivity contribution in [2.45, 2.75) is 31.4 Å². The second kappa shape index (κ2) is 5.64. The van der Waals surface area contributed by atoms with E-state index in [-0.39, 0.29) is 12.1 Å². The minimum atomic E-state index is 0.141. The van der Waals surface area contributed by atoms with Gasteiger partial charge in [0.05, 0.1) is 12.1 Å². The highest BCUT2D eigenvalue weighted by Gasteiger charge is 2.25. The SMILES string of the molecule is NNC(Cc1ccccc1Cl)C1CCCO1. The zero-order valence-corrected chi connectivity index (χ0v) is 9.91. The second-order valence-corrected chi connectivity index (χ2v) is 4.53. The molecular weight excluding hydrogens is 224 g/mol. The Balaban J connectivity index is 2.03. The third kappa shape index (κ3) is 2.74. The summed E-state index contributed by atoms with van der Waals surface area (Å²) < 4.78 is 5.63. The Kier molecular flexibility index (Phi) is 4.18. The van der Waals surface area contributed by atoms with Crippen LogP contribution in [-0.2, 0) is 11.2 Å². The number of hydrogen-bond acceptors (Lipinski definition) is 3. The van der Waals surface area contributed by atoms with Crippen LogP contribution < -0.4 is 11.3 Å². The molecule has 2 unspecified atom stereocenters. The van der Waals surface area contributed by atoms with Crippen LogP contribution in [0.25, 0.3) is 0 Å². The lowest BCUT2D eigenvalue weighted by molar-refractivity contribution is 0.0784. The minimum Gasteiger partial charge on any atom is -0.377 e. The highest BCUT2D eigenvalue weighted by atomic mass is 35.5. The van der Waals surface area contributed by atoms with E-state index in [1.165, 1.54) is 0 Å². The van der Waals surface area contributed by atoms with Crippen molar-refractivity contribution in [3.63, 3.8) is 0 Å². The van der Waals surface area contributed by atoms with Crippen LogP contribution in [0.5, 0.6) is 0 Å². The number of ether oxygens (including phenoxy) is 1. The van der Waals surface area contributed by atoms with Crippen molar-refractivity contribution in [3.05, 3.63) is 34.9 Å². The van der Waals surface area contributed by atoms with Crippen molar-refractivity contribution in [2.24, 2.45) is 5.84 Å². The Labute approximate surface area is 101 Å². The van der Waals surface area contributed by atoms with Gasteiger partial charge in [-0.2, -0.15) is 0 Å². The molecule has 1 aromatic rings. The first-order valence-corrected chi connectivity index (χ1v) is 6.00. The van der Waals surface area contributed by atoms with Gasteiger partial charge in [0.2, 0.25) is 0 Å². The van der Waals surface area contributed by atoms with Crippen LogP contribution in [0.2, 0.25) is 5.02 Å². The minimum absolute atomic E-state index is 0.141. The summed E-state index contributed by atoms with van der Waals surface area (Å²) in [5.74, 6) is 5.58. The Hall–Kier alpha value is -0.610. The zero-order valence-electron chi connectivity index (χ0n) is 9.16. The molecule has 4 heteroatoms. The summed E-state index contributed by atoms with van der Waals surface area (Å²) in [5.41, 5.74) is 3.95. The summed E-state index contributed by atoms with van der Waals surface area (Å²) in [6.45, 7) is 0.839. The van der Waals surface area contributed by atoms with Crippen LogP contribution in [0, 0.1) is 0 Å². The molecule has 1 aromatic carbocycles. The van der Waals surface area contributed by atoms with E-state index in [2.05, 4.69) is 5.43 Å². The molecular formula is C12H17ClN2O. The average Bonchev–Trinajstić information content (AvgIpc) is 2.81. The molecule has 0 radical (unpaired) electrons. The molecule has 88 valence electrons. The largest absolute Gasteiger partial charge is 0.377 e. The van der Waals surface area contributed by atoms with Gasteiger partial charge in [-0.05, 0) is 30.9 Å². The maximum Gasteiger partial charge on any atom is 0.0745 e. The standard InChI is InChI=1S/C12H17ClN2O/c13-10-5-2-1-4-9(10)8-11(15-14)12-6-3-7-16-12/h1-2,4-5,11-12,15H,3,6-8,14H2. The van der Waals surface area contributed by atoms with E-state index in [9.17, 15) is 0 Å². The molecule has 3 N–H and O–H groups in total. The maximum atomic E-state index is 6.12. The highest BCUT2D eigenvalue weighted by Crippen LogP contribution is 2.21. The molecule has 2 rings (SSSR count). The number of nitrogens with two attached hydrogens (primary N) is 1. The van der Waals surface area contributed by atoms with E-state index in [1.807, 2.05) is 24.3 Å². The fourth-order valence-corrected chi connectivity index (χ4v) is 2.33. The van der Waals surface area contributed by atoms with Gasteiger partial charge in [-0.25, -0.2) is 0 Å². The number of hydrazine groups is 1. The number of benzene rings is 1. The Bertz CT molecular complexity index is 340. The Morgan fingerprint density at radius 3 is 2.94 bits per heavy atom. The summed E-state index contributed by atoms with van der Waals surface area (Å²) in [5, 5.41) is 0.792. The van der Waals surface area contributed by atoms with E-state index < -0.39 is 0 Å². The quantitative estimate of drug-likeness (QED) is 0.624. The van der Waals surface area contributed by atoms with Crippen molar-refractivity contribution >= 4 is 11.6 Å². The molecule has 0 aromatic heterocycles. The molecule has 0 aliphatic carbocycles. The summed E-state index contributed by atoms with van der Waals surface area (Å²) in [6, 6.07) is 8.00. The van der Waals surface area contributed by atoms with E-state index >= 15 is 0 Å². The van der Waals surface area contributed by atoms with Crippen LogP contribution in [0.1, 0.15) is 18.4 Å². The van der Waals surface area contributed by atoms with E-state index in [1.54, 1.807) is 0 Å². The first kappa shape index (κ1) is 11.9. The summed E-state index contributed by atoms with van der Waals surface area (Å²) in [6.07, 6.45) is 3.20. The smallest absolute Gasteiger partial charge is 0.0745 e. The van der Waals surface area contributed by atoms with Gasteiger partial charge in [-0.1, -0.05) is 29.8 Å². The molecule has 1 fully saturated rings. The average molecular weight is 241 g/mol. The first-order valence-electron chi connectivity index (χ1n) is 5.62. The van der Waals surface area contributed by atoms with Crippen molar-refractivity contribution in [3.8, 4) is 0 Å². The predicted octanol–water partition coefficient (Wildman–Crippen LogP) is 1.89. The van der Waals surface area contributed by atoms with Gasteiger partial charge in [0.15, 0.2) is 0 Å². The third-order valence-electron chi connectivity index (χ3n) is 3.03. The van der Waals surface area contributed by atoms with Crippen molar-refractivity contribution in [1.82, 2.24) is 5.43 Å². The zero-order chi connectivity index (χ0) is 11.4. The molecule has 1 aliphatic rings. The molecule has 1 heterocycles. The molecule has 1 saturated heterocycles. The van der Waals surface area contributed by atoms with Crippen molar-refractivity contribution < 1.29 is 4.74 Å². The number of rotatable bonds is 4. The fraction of sp³-hybridized carbons (Fsp3) is 0.500. The molecule has 0 saturated carbocycles. The Morgan fingerprint density at radius 1 is 1.50 bits per heavy atom. The van der Waals surface area contributed by atoms with Crippen LogP contribution >= 0.6 is 11.6 Å². The lowest BCUT2D eigenvalue weighted by atomic mass is 10.00. The van der Waals surface area contributed by atoms with Gasteiger partial charge >= 0.3 is 0 Å². The van der Waals surface area contributed by atoms with Gasteiger partial charge in [-0.15, -0.1) is 0 Å². The third-order valence-corrected chi connectivity index (χ3v) is 3.39. The molecule has 16 heavy (non-hydrogen) atoms. The number of hydrogen-bond donors (Lipinski definition) is 2. The lowest BCUT2D eigenvalue weighted by Crippen LogP contribution is -2.45.